The van der Waals surface area contributed by atoms with Crippen LogP contribution >= 0.6 is 11.8 Å². The molecule has 0 aliphatic carbocycles. The topological polar surface area (TPSA) is 66.5 Å². The fourth-order valence-electron chi connectivity index (χ4n) is 3.19. The van der Waals surface area contributed by atoms with Gasteiger partial charge in [-0.1, -0.05) is 65.7 Å². The summed E-state index contributed by atoms with van der Waals surface area (Å²) in [6.07, 6.45) is 0. The van der Waals surface area contributed by atoms with E-state index in [9.17, 15) is 13.2 Å². The van der Waals surface area contributed by atoms with E-state index in [1.165, 1.54) is 11.1 Å². The van der Waals surface area contributed by atoms with Gasteiger partial charge in [-0.2, -0.15) is 11.8 Å². The molecule has 0 heterocycles. The van der Waals surface area contributed by atoms with Crippen molar-refractivity contribution >= 4 is 33.4 Å². The molecule has 0 aliphatic heterocycles. The minimum atomic E-state index is -3.87. The van der Waals surface area contributed by atoms with E-state index in [2.05, 4.69) is 30.4 Å². The van der Waals surface area contributed by atoms with Crippen molar-refractivity contribution in [2.75, 3.05) is 23.1 Å². The summed E-state index contributed by atoms with van der Waals surface area (Å²) >= 11 is 1.73. The minimum absolute atomic E-state index is 0.161. The first-order chi connectivity index (χ1) is 15.4. The highest BCUT2D eigenvalue weighted by atomic mass is 32.2. The molecule has 3 aromatic carbocycles. The fraction of sp³-hybridized carbons (Fsp3) is 0.240. The maximum atomic E-state index is 13.3. The molecule has 1 N–H and O–H groups in total. The van der Waals surface area contributed by atoms with Gasteiger partial charge in [0.2, 0.25) is 5.91 Å². The van der Waals surface area contributed by atoms with Gasteiger partial charge in [0.05, 0.1) is 10.6 Å². The lowest BCUT2D eigenvalue weighted by Crippen LogP contribution is -2.41. The number of benzene rings is 3. The Morgan fingerprint density at radius 1 is 0.906 bits per heavy atom. The van der Waals surface area contributed by atoms with Crippen molar-refractivity contribution in [3.05, 3.63) is 95.6 Å². The zero-order chi connectivity index (χ0) is 23.0. The molecule has 0 radical (unpaired) electrons. The molecule has 3 aromatic rings. The van der Waals surface area contributed by atoms with Crippen LogP contribution in [-0.2, 0) is 20.6 Å². The number of rotatable bonds is 10. The normalized spacial score (nSPS) is 11.2. The fourth-order valence-corrected chi connectivity index (χ4v) is 5.41. The number of hydrogen-bond acceptors (Lipinski definition) is 4. The first-order valence-corrected chi connectivity index (χ1v) is 13.0. The largest absolute Gasteiger partial charge is 0.354 e. The van der Waals surface area contributed by atoms with Crippen LogP contribution in [0.4, 0.5) is 5.69 Å². The number of carbonyl (C=O) groups is 1. The monoisotopic (exact) mass is 468 g/mol. The molecule has 1 amide bonds. The number of amides is 1. The van der Waals surface area contributed by atoms with Crippen LogP contribution in [0.1, 0.15) is 16.7 Å². The summed E-state index contributed by atoms with van der Waals surface area (Å²) in [6.45, 7) is 4.17. The number of nitrogens with zero attached hydrogens (tertiary/aromatic N) is 1. The first kappa shape index (κ1) is 23.9. The van der Waals surface area contributed by atoms with Gasteiger partial charge in [-0.05, 0) is 43.7 Å². The van der Waals surface area contributed by atoms with Crippen LogP contribution in [0.3, 0.4) is 0 Å². The third-order valence-electron chi connectivity index (χ3n) is 4.86. The van der Waals surface area contributed by atoms with E-state index in [0.717, 1.165) is 21.4 Å². The van der Waals surface area contributed by atoms with Crippen molar-refractivity contribution in [2.45, 2.75) is 24.5 Å². The average molecular weight is 469 g/mol. The van der Waals surface area contributed by atoms with Crippen molar-refractivity contribution in [2.24, 2.45) is 0 Å². The number of thioether (sulfide) groups is 1. The first-order valence-electron chi connectivity index (χ1n) is 10.4. The summed E-state index contributed by atoms with van der Waals surface area (Å²) < 4.78 is 27.7. The standard InChI is InChI=1S/C25H28N2O3S2/c1-20-11-13-24(14-12-20)32(29,30)27(23-9-4-3-5-10-23)18-25(28)26-15-16-31-19-22-8-6-7-21(2)17-22/h3-14,17H,15-16,18-19H2,1-2H3,(H,26,28). The SMILES string of the molecule is Cc1ccc(S(=O)(=O)N(CC(=O)NCCSCc2cccc(C)c2)c2ccccc2)cc1. The van der Waals surface area contributed by atoms with Gasteiger partial charge in [-0.15, -0.1) is 0 Å². The maximum Gasteiger partial charge on any atom is 0.264 e. The minimum Gasteiger partial charge on any atom is -0.354 e. The summed E-state index contributed by atoms with van der Waals surface area (Å²) in [5, 5.41) is 2.85. The van der Waals surface area contributed by atoms with Crippen LogP contribution in [-0.4, -0.2) is 33.2 Å². The quantitative estimate of drug-likeness (QED) is 0.444. The van der Waals surface area contributed by atoms with Gasteiger partial charge >= 0.3 is 0 Å². The smallest absolute Gasteiger partial charge is 0.264 e. The molecule has 0 aromatic heterocycles. The second-order valence-corrected chi connectivity index (χ2v) is 10.5. The van der Waals surface area contributed by atoms with Gasteiger partial charge in [0.1, 0.15) is 6.54 Å². The van der Waals surface area contributed by atoms with Crippen molar-refractivity contribution < 1.29 is 13.2 Å². The Morgan fingerprint density at radius 3 is 2.31 bits per heavy atom. The highest BCUT2D eigenvalue weighted by Gasteiger charge is 2.26. The van der Waals surface area contributed by atoms with Crippen LogP contribution in [0.25, 0.3) is 0 Å². The maximum absolute atomic E-state index is 13.3. The Morgan fingerprint density at radius 2 is 1.62 bits per heavy atom. The lowest BCUT2D eigenvalue weighted by atomic mass is 10.2. The van der Waals surface area contributed by atoms with Gasteiger partial charge in [0.15, 0.2) is 0 Å². The molecule has 32 heavy (non-hydrogen) atoms. The molecular weight excluding hydrogens is 440 g/mol. The molecule has 168 valence electrons. The predicted octanol–water partition coefficient (Wildman–Crippen LogP) is 4.55. The van der Waals surface area contributed by atoms with Crippen LogP contribution in [0.15, 0.2) is 83.8 Å². The number of hydrogen-bond donors (Lipinski definition) is 1. The summed E-state index contributed by atoms with van der Waals surface area (Å²) in [7, 11) is -3.87. The highest BCUT2D eigenvalue weighted by molar-refractivity contribution is 7.98. The molecule has 3 rings (SSSR count). The van der Waals surface area contributed by atoms with Crippen molar-refractivity contribution in [3.8, 4) is 0 Å². The van der Waals surface area contributed by atoms with E-state index in [-0.39, 0.29) is 17.3 Å². The molecule has 0 saturated carbocycles. The van der Waals surface area contributed by atoms with E-state index >= 15 is 0 Å². The molecule has 7 heteroatoms. The van der Waals surface area contributed by atoms with Gasteiger partial charge in [0, 0.05) is 18.1 Å². The van der Waals surface area contributed by atoms with Crippen LogP contribution in [0, 0.1) is 13.8 Å². The molecule has 0 bridgehead atoms. The van der Waals surface area contributed by atoms with E-state index in [1.54, 1.807) is 60.3 Å². The number of para-hydroxylation sites is 1. The third-order valence-corrected chi connectivity index (χ3v) is 7.68. The molecule has 0 saturated heterocycles. The van der Waals surface area contributed by atoms with Crippen LogP contribution < -0.4 is 9.62 Å². The number of anilines is 1. The van der Waals surface area contributed by atoms with Gasteiger partial charge in [0.25, 0.3) is 10.0 Å². The molecule has 0 unspecified atom stereocenters. The molecule has 5 nitrogen and oxygen atoms in total. The third kappa shape index (κ3) is 6.61. The number of aryl methyl sites for hydroxylation is 2. The summed E-state index contributed by atoms with van der Waals surface area (Å²) in [5.74, 6) is 1.28. The van der Waals surface area contributed by atoms with Crippen molar-refractivity contribution in [1.82, 2.24) is 5.32 Å². The molecule has 0 atom stereocenters. The van der Waals surface area contributed by atoms with Gasteiger partial charge in [-0.3, -0.25) is 9.10 Å². The van der Waals surface area contributed by atoms with Crippen LogP contribution in [0.5, 0.6) is 0 Å². The molecule has 0 aliphatic rings. The van der Waals surface area contributed by atoms with Gasteiger partial charge < -0.3 is 5.32 Å². The molecular formula is C25H28N2O3S2. The lowest BCUT2D eigenvalue weighted by molar-refractivity contribution is -0.119. The van der Waals surface area contributed by atoms with E-state index < -0.39 is 10.0 Å². The van der Waals surface area contributed by atoms with E-state index in [4.69, 9.17) is 0 Å². The Hall–Kier alpha value is -2.77. The Kier molecular flexibility index (Phi) is 8.36. The second kappa shape index (κ2) is 11.2. The van der Waals surface area contributed by atoms with E-state index in [0.29, 0.717) is 12.2 Å². The number of nitrogens with one attached hydrogen (secondary N) is 1. The Bertz CT molecular complexity index is 1130. The van der Waals surface area contributed by atoms with Crippen LogP contribution in [0.2, 0.25) is 0 Å². The Balaban J connectivity index is 1.61. The van der Waals surface area contributed by atoms with E-state index in [1.807, 2.05) is 19.1 Å². The Labute approximate surface area is 194 Å². The van der Waals surface area contributed by atoms with Gasteiger partial charge in [-0.25, -0.2) is 8.42 Å². The zero-order valence-electron chi connectivity index (χ0n) is 18.3. The highest BCUT2D eigenvalue weighted by Crippen LogP contribution is 2.23. The average Bonchev–Trinajstić information content (AvgIpc) is 2.78. The van der Waals surface area contributed by atoms with Crippen molar-refractivity contribution in [1.29, 1.82) is 0 Å². The summed E-state index contributed by atoms with van der Waals surface area (Å²) in [5.41, 5.74) is 3.90. The summed E-state index contributed by atoms with van der Waals surface area (Å²) in [4.78, 5) is 12.8. The second-order valence-electron chi connectivity index (χ2n) is 7.55. The zero-order valence-corrected chi connectivity index (χ0v) is 20.0. The lowest BCUT2D eigenvalue weighted by Gasteiger charge is -2.24. The molecule has 0 spiro atoms. The summed E-state index contributed by atoms with van der Waals surface area (Å²) in [6, 6.07) is 23.7. The predicted molar refractivity (Wildman–Crippen MR) is 133 cm³/mol. The number of sulfonamides is 1. The number of carbonyl (C=O) groups excluding carboxylic acids is 1. The van der Waals surface area contributed by atoms with Crippen molar-refractivity contribution in [3.63, 3.8) is 0 Å². The molecule has 0 fully saturated rings.